The van der Waals surface area contributed by atoms with Crippen LogP contribution < -0.4 is 9.47 Å². The number of fused-ring (bicyclic) bond motifs is 1. The Morgan fingerprint density at radius 1 is 1.29 bits per heavy atom. The molecule has 0 saturated carbocycles. The summed E-state index contributed by atoms with van der Waals surface area (Å²) < 4.78 is 17.8. The molecule has 0 unspecified atom stereocenters. The Morgan fingerprint density at radius 2 is 2.08 bits per heavy atom. The normalized spacial score (nSPS) is 34.5. The molecular weight excluding hydrogens is 306 g/mol. The molecule has 0 radical (unpaired) electrons. The van der Waals surface area contributed by atoms with Crippen molar-refractivity contribution in [2.45, 2.75) is 31.5 Å². The predicted molar refractivity (Wildman–Crippen MR) is 90.4 cm³/mol. The minimum atomic E-state index is 0.00128. The monoisotopic (exact) mass is 333 g/mol. The van der Waals surface area contributed by atoms with Gasteiger partial charge in [0.2, 0.25) is 0 Å². The van der Waals surface area contributed by atoms with E-state index in [9.17, 15) is 5.11 Å². The second-order valence-corrected chi connectivity index (χ2v) is 7.18. The summed E-state index contributed by atoms with van der Waals surface area (Å²) in [6, 6.07) is 7.82. The van der Waals surface area contributed by atoms with Gasteiger partial charge in [-0.2, -0.15) is 0 Å². The first kappa shape index (κ1) is 16.2. The first-order valence-electron chi connectivity index (χ1n) is 9.11. The SMILES string of the molecule is CCOc1ccccc1OCCN1C[C@H]2[C@@H](CO)[C@@H]3CC[C@@]2(C1)O3. The largest absolute Gasteiger partial charge is 0.490 e. The second-order valence-electron chi connectivity index (χ2n) is 7.18. The Hall–Kier alpha value is -1.30. The van der Waals surface area contributed by atoms with Crippen molar-refractivity contribution in [1.82, 2.24) is 4.90 Å². The number of rotatable bonds is 7. The number of aliphatic hydroxyl groups is 1. The highest BCUT2D eigenvalue weighted by molar-refractivity contribution is 5.39. The van der Waals surface area contributed by atoms with Gasteiger partial charge in [-0.25, -0.2) is 0 Å². The Balaban J connectivity index is 1.32. The van der Waals surface area contributed by atoms with Gasteiger partial charge in [-0.1, -0.05) is 12.1 Å². The van der Waals surface area contributed by atoms with Gasteiger partial charge < -0.3 is 19.3 Å². The van der Waals surface area contributed by atoms with E-state index in [0.717, 1.165) is 44.0 Å². The van der Waals surface area contributed by atoms with E-state index < -0.39 is 0 Å². The average molecular weight is 333 g/mol. The van der Waals surface area contributed by atoms with Gasteiger partial charge in [-0.15, -0.1) is 0 Å². The molecule has 4 rings (SSSR count). The quantitative estimate of drug-likeness (QED) is 0.826. The summed E-state index contributed by atoms with van der Waals surface area (Å²) in [6.07, 6.45) is 2.54. The number of nitrogens with zero attached hydrogens (tertiary/aromatic N) is 1. The van der Waals surface area contributed by atoms with Crippen LogP contribution in [0.5, 0.6) is 11.5 Å². The van der Waals surface area contributed by atoms with E-state index in [1.54, 1.807) is 0 Å². The van der Waals surface area contributed by atoms with Crippen LogP contribution in [-0.4, -0.2) is 61.2 Å². The van der Waals surface area contributed by atoms with Crippen molar-refractivity contribution in [3.8, 4) is 11.5 Å². The highest BCUT2D eigenvalue weighted by Gasteiger charge is 2.62. The molecule has 3 aliphatic heterocycles. The maximum absolute atomic E-state index is 9.69. The number of likely N-dealkylation sites (tertiary alicyclic amines) is 1. The van der Waals surface area contributed by atoms with Crippen LogP contribution in [-0.2, 0) is 4.74 Å². The minimum Gasteiger partial charge on any atom is -0.490 e. The summed E-state index contributed by atoms with van der Waals surface area (Å²) in [5, 5.41) is 9.69. The fourth-order valence-electron chi connectivity index (χ4n) is 4.83. The molecule has 1 aromatic carbocycles. The van der Waals surface area contributed by atoms with Crippen molar-refractivity contribution in [3.63, 3.8) is 0 Å². The van der Waals surface area contributed by atoms with Crippen LogP contribution in [0.3, 0.4) is 0 Å². The topological polar surface area (TPSA) is 51.2 Å². The van der Waals surface area contributed by atoms with Crippen molar-refractivity contribution in [3.05, 3.63) is 24.3 Å². The van der Waals surface area contributed by atoms with E-state index in [1.165, 1.54) is 0 Å². The van der Waals surface area contributed by atoms with Gasteiger partial charge in [0.15, 0.2) is 11.5 Å². The molecule has 5 nitrogen and oxygen atoms in total. The first-order chi connectivity index (χ1) is 11.8. The van der Waals surface area contributed by atoms with Gasteiger partial charge in [-0.3, -0.25) is 4.90 Å². The van der Waals surface area contributed by atoms with E-state index in [0.29, 0.717) is 25.0 Å². The number of hydrogen-bond donors (Lipinski definition) is 1. The molecule has 1 N–H and O–H groups in total. The van der Waals surface area contributed by atoms with E-state index in [1.807, 2.05) is 31.2 Å². The van der Waals surface area contributed by atoms with Gasteiger partial charge >= 0.3 is 0 Å². The third-order valence-electron chi connectivity index (χ3n) is 5.88. The van der Waals surface area contributed by atoms with Gasteiger partial charge in [-0.05, 0) is 31.9 Å². The number of benzene rings is 1. The molecule has 0 aromatic heterocycles. The fraction of sp³-hybridized carbons (Fsp3) is 0.684. The lowest BCUT2D eigenvalue weighted by Crippen LogP contribution is -2.38. The molecule has 5 heteroatoms. The molecule has 1 aromatic rings. The van der Waals surface area contributed by atoms with Crippen LogP contribution in [0.4, 0.5) is 0 Å². The number of ether oxygens (including phenoxy) is 3. The van der Waals surface area contributed by atoms with Crippen molar-refractivity contribution in [2.24, 2.45) is 11.8 Å². The molecule has 0 amide bonds. The number of aliphatic hydroxyl groups excluding tert-OH is 1. The average Bonchev–Trinajstić information content (AvgIpc) is 3.23. The van der Waals surface area contributed by atoms with Crippen molar-refractivity contribution in [2.75, 3.05) is 39.5 Å². The molecule has 3 heterocycles. The predicted octanol–water partition coefficient (Wildman–Crippen LogP) is 1.94. The maximum Gasteiger partial charge on any atom is 0.161 e. The summed E-state index contributed by atoms with van der Waals surface area (Å²) in [5.41, 5.74) is 0.00128. The van der Waals surface area contributed by atoms with Crippen molar-refractivity contribution >= 4 is 0 Å². The molecule has 3 aliphatic rings. The lowest BCUT2D eigenvalue weighted by Gasteiger charge is -2.28. The molecule has 0 aliphatic carbocycles. The molecular formula is C19H27NO4. The highest BCUT2D eigenvalue weighted by Crippen LogP contribution is 2.54. The zero-order valence-electron chi connectivity index (χ0n) is 14.3. The van der Waals surface area contributed by atoms with Crippen LogP contribution in [0.15, 0.2) is 24.3 Å². The third kappa shape index (κ3) is 2.68. The summed E-state index contributed by atoms with van der Waals surface area (Å²) >= 11 is 0. The van der Waals surface area contributed by atoms with Gasteiger partial charge in [0.1, 0.15) is 6.61 Å². The summed E-state index contributed by atoms with van der Waals surface area (Å²) in [4.78, 5) is 2.43. The zero-order valence-corrected chi connectivity index (χ0v) is 14.3. The zero-order chi connectivity index (χ0) is 16.6. The van der Waals surface area contributed by atoms with E-state index in [4.69, 9.17) is 14.2 Å². The van der Waals surface area contributed by atoms with Crippen molar-refractivity contribution < 1.29 is 19.3 Å². The van der Waals surface area contributed by atoms with Gasteiger partial charge in [0.25, 0.3) is 0 Å². The Morgan fingerprint density at radius 3 is 2.83 bits per heavy atom. The van der Waals surface area contributed by atoms with Gasteiger partial charge in [0, 0.05) is 38.1 Å². The minimum absolute atomic E-state index is 0.00128. The Kier molecular flexibility index (Phi) is 4.41. The molecule has 132 valence electrons. The summed E-state index contributed by atoms with van der Waals surface area (Å²) in [7, 11) is 0. The van der Waals surface area contributed by atoms with E-state index in [-0.39, 0.29) is 18.3 Å². The van der Waals surface area contributed by atoms with E-state index in [2.05, 4.69) is 4.90 Å². The number of hydrogen-bond acceptors (Lipinski definition) is 5. The highest BCUT2D eigenvalue weighted by atomic mass is 16.5. The molecule has 1 spiro atoms. The third-order valence-corrected chi connectivity index (χ3v) is 5.88. The van der Waals surface area contributed by atoms with Crippen LogP contribution in [0.1, 0.15) is 19.8 Å². The number of para-hydroxylation sites is 2. The molecule has 3 saturated heterocycles. The Bertz CT molecular complexity index is 580. The van der Waals surface area contributed by atoms with Crippen LogP contribution >= 0.6 is 0 Å². The first-order valence-corrected chi connectivity index (χ1v) is 9.11. The van der Waals surface area contributed by atoms with Crippen LogP contribution in [0.25, 0.3) is 0 Å². The maximum atomic E-state index is 9.69. The lowest BCUT2D eigenvalue weighted by molar-refractivity contribution is 0.000207. The van der Waals surface area contributed by atoms with Gasteiger partial charge in [0.05, 0.1) is 18.3 Å². The van der Waals surface area contributed by atoms with Crippen molar-refractivity contribution in [1.29, 1.82) is 0 Å². The molecule has 2 bridgehead atoms. The lowest BCUT2D eigenvalue weighted by atomic mass is 9.74. The van der Waals surface area contributed by atoms with Crippen LogP contribution in [0.2, 0.25) is 0 Å². The van der Waals surface area contributed by atoms with E-state index >= 15 is 0 Å². The summed E-state index contributed by atoms with van der Waals surface area (Å²) in [6.45, 7) is 6.37. The molecule has 4 atom stereocenters. The fourth-order valence-corrected chi connectivity index (χ4v) is 4.83. The standard InChI is InChI=1S/C19H27NO4/c1-2-22-17-5-3-4-6-18(17)23-10-9-20-11-15-14(12-21)16-7-8-19(15,13-20)24-16/h3-6,14-16,21H,2,7-13H2,1H3/t14-,15+,16+,19+/m1/s1. The molecule has 3 fully saturated rings. The van der Waals surface area contributed by atoms with Crippen LogP contribution in [0, 0.1) is 11.8 Å². The Labute approximate surface area is 143 Å². The molecule has 24 heavy (non-hydrogen) atoms. The second kappa shape index (κ2) is 6.54. The smallest absolute Gasteiger partial charge is 0.161 e. The summed E-state index contributed by atoms with van der Waals surface area (Å²) in [5.74, 6) is 2.42.